The number of hydrogen-bond donors (Lipinski definition) is 2. The van der Waals surface area contributed by atoms with Crippen LogP contribution in [0.25, 0.3) is 0 Å². The molecule has 3 heteroatoms. The topological polar surface area (TPSA) is 47.3 Å². The Morgan fingerprint density at radius 1 is 1.28 bits per heavy atom. The van der Waals surface area contributed by atoms with Gasteiger partial charge in [-0.05, 0) is 43.4 Å². The van der Waals surface area contributed by atoms with Crippen LogP contribution in [0.1, 0.15) is 49.4 Å². The van der Waals surface area contributed by atoms with Gasteiger partial charge in [0, 0.05) is 7.11 Å². The van der Waals surface area contributed by atoms with Gasteiger partial charge in [-0.3, -0.25) is 11.3 Å². The van der Waals surface area contributed by atoms with Crippen LogP contribution < -0.4 is 11.3 Å². The summed E-state index contributed by atoms with van der Waals surface area (Å²) < 4.78 is 5.80. The van der Waals surface area contributed by atoms with Crippen LogP contribution in [-0.4, -0.2) is 12.7 Å². The first-order valence-electron chi connectivity index (χ1n) is 6.63. The van der Waals surface area contributed by atoms with Crippen molar-refractivity contribution in [3.05, 3.63) is 34.9 Å². The maximum absolute atomic E-state index is 5.81. The SMILES string of the molecule is CCC(CC)(OC)C(NN)c1cccc(C)c1C. The molecule has 1 aromatic carbocycles. The monoisotopic (exact) mass is 250 g/mol. The molecule has 0 aliphatic heterocycles. The Morgan fingerprint density at radius 2 is 1.89 bits per heavy atom. The minimum atomic E-state index is -0.257. The summed E-state index contributed by atoms with van der Waals surface area (Å²) in [6.45, 7) is 8.55. The fourth-order valence-electron chi connectivity index (χ4n) is 2.68. The Balaban J connectivity index is 3.28. The Bertz CT molecular complexity index is 378. The fourth-order valence-corrected chi connectivity index (χ4v) is 2.68. The average molecular weight is 250 g/mol. The lowest BCUT2D eigenvalue weighted by Gasteiger charge is -2.39. The standard InChI is InChI=1S/C15H26N2O/c1-6-15(7-2,18-5)14(17-16)13-10-8-9-11(3)12(13)4/h8-10,14,17H,6-7,16H2,1-5H3. The Labute approximate surface area is 111 Å². The number of aryl methyl sites for hydroxylation is 1. The van der Waals surface area contributed by atoms with E-state index in [4.69, 9.17) is 10.6 Å². The van der Waals surface area contributed by atoms with Crippen molar-refractivity contribution in [3.8, 4) is 0 Å². The molecule has 0 bridgehead atoms. The molecule has 0 radical (unpaired) electrons. The minimum Gasteiger partial charge on any atom is -0.376 e. The van der Waals surface area contributed by atoms with Crippen molar-refractivity contribution in [2.75, 3.05) is 7.11 Å². The van der Waals surface area contributed by atoms with E-state index in [-0.39, 0.29) is 11.6 Å². The summed E-state index contributed by atoms with van der Waals surface area (Å²) in [7, 11) is 1.77. The molecule has 0 spiro atoms. The van der Waals surface area contributed by atoms with Crippen LogP contribution in [0, 0.1) is 13.8 Å². The third-order valence-electron chi connectivity index (χ3n) is 4.25. The van der Waals surface area contributed by atoms with Gasteiger partial charge in [0.1, 0.15) is 0 Å². The van der Waals surface area contributed by atoms with E-state index >= 15 is 0 Å². The first-order chi connectivity index (χ1) is 8.56. The Hall–Kier alpha value is -0.900. The molecule has 3 nitrogen and oxygen atoms in total. The van der Waals surface area contributed by atoms with Gasteiger partial charge < -0.3 is 4.74 Å². The zero-order valence-corrected chi connectivity index (χ0v) is 12.2. The lowest BCUT2D eigenvalue weighted by molar-refractivity contribution is -0.0488. The average Bonchev–Trinajstić information content (AvgIpc) is 2.40. The molecule has 0 aromatic heterocycles. The molecule has 1 aromatic rings. The van der Waals surface area contributed by atoms with Crippen molar-refractivity contribution >= 4 is 0 Å². The summed E-state index contributed by atoms with van der Waals surface area (Å²) in [5.41, 5.74) is 6.49. The summed E-state index contributed by atoms with van der Waals surface area (Å²) in [5, 5.41) is 0. The van der Waals surface area contributed by atoms with E-state index in [9.17, 15) is 0 Å². The molecule has 1 atom stereocenters. The van der Waals surface area contributed by atoms with Gasteiger partial charge in [0.2, 0.25) is 0 Å². The summed E-state index contributed by atoms with van der Waals surface area (Å²) in [6, 6.07) is 6.34. The Morgan fingerprint density at radius 3 is 2.33 bits per heavy atom. The van der Waals surface area contributed by atoms with Gasteiger partial charge in [-0.25, -0.2) is 0 Å². The van der Waals surface area contributed by atoms with Crippen molar-refractivity contribution < 1.29 is 4.74 Å². The zero-order valence-electron chi connectivity index (χ0n) is 12.2. The van der Waals surface area contributed by atoms with Crippen LogP contribution in [-0.2, 0) is 4.74 Å². The quantitative estimate of drug-likeness (QED) is 0.602. The normalized spacial score (nSPS) is 13.7. The van der Waals surface area contributed by atoms with Crippen molar-refractivity contribution in [2.45, 2.75) is 52.2 Å². The molecule has 102 valence electrons. The molecule has 1 rings (SSSR count). The van der Waals surface area contributed by atoms with E-state index in [0.717, 1.165) is 12.8 Å². The number of hydrogen-bond acceptors (Lipinski definition) is 3. The molecule has 3 N–H and O–H groups in total. The second kappa shape index (κ2) is 6.32. The number of hydrazine groups is 1. The molecule has 0 saturated heterocycles. The van der Waals surface area contributed by atoms with Gasteiger partial charge >= 0.3 is 0 Å². The molecule has 1 unspecified atom stereocenters. The maximum atomic E-state index is 5.81. The first kappa shape index (κ1) is 15.2. The molecule has 0 heterocycles. The third kappa shape index (κ3) is 2.58. The van der Waals surface area contributed by atoms with Gasteiger partial charge in [-0.15, -0.1) is 0 Å². The summed E-state index contributed by atoms with van der Waals surface area (Å²) in [5.74, 6) is 5.81. The lowest BCUT2D eigenvalue weighted by Crippen LogP contribution is -2.47. The number of nitrogens with one attached hydrogen (secondary N) is 1. The summed E-state index contributed by atoms with van der Waals surface area (Å²) >= 11 is 0. The molecule has 0 fully saturated rings. The number of ether oxygens (including phenoxy) is 1. The van der Waals surface area contributed by atoms with Crippen LogP contribution in [0.5, 0.6) is 0 Å². The highest BCUT2D eigenvalue weighted by molar-refractivity contribution is 5.36. The number of methoxy groups -OCH3 is 1. The number of rotatable bonds is 6. The lowest BCUT2D eigenvalue weighted by atomic mass is 9.82. The molecule has 0 saturated carbocycles. The smallest absolute Gasteiger partial charge is 0.0880 e. The second-order valence-corrected chi connectivity index (χ2v) is 4.86. The van der Waals surface area contributed by atoms with Crippen LogP contribution in [0.15, 0.2) is 18.2 Å². The predicted molar refractivity (Wildman–Crippen MR) is 76.3 cm³/mol. The maximum Gasteiger partial charge on any atom is 0.0880 e. The fraction of sp³-hybridized carbons (Fsp3) is 0.600. The largest absolute Gasteiger partial charge is 0.376 e. The van der Waals surface area contributed by atoms with E-state index in [2.05, 4.69) is 51.3 Å². The van der Waals surface area contributed by atoms with Crippen LogP contribution >= 0.6 is 0 Å². The summed E-state index contributed by atoms with van der Waals surface area (Å²) in [4.78, 5) is 0. The highest BCUT2D eigenvalue weighted by Gasteiger charge is 2.37. The van der Waals surface area contributed by atoms with Crippen LogP contribution in [0.3, 0.4) is 0 Å². The predicted octanol–water partition coefficient (Wildman–Crippen LogP) is 3.01. The van der Waals surface area contributed by atoms with E-state index < -0.39 is 0 Å². The van der Waals surface area contributed by atoms with Crippen molar-refractivity contribution in [1.29, 1.82) is 0 Å². The number of benzene rings is 1. The first-order valence-corrected chi connectivity index (χ1v) is 6.63. The molecular formula is C15H26N2O. The summed E-state index contributed by atoms with van der Waals surface area (Å²) in [6.07, 6.45) is 1.84. The zero-order chi connectivity index (χ0) is 13.8. The third-order valence-corrected chi connectivity index (χ3v) is 4.25. The van der Waals surface area contributed by atoms with Crippen LogP contribution in [0.2, 0.25) is 0 Å². The van der Waals surface area contributed by atoms with E-state index in [0.29, 0.717) is 0 Å². The number of nitrogens with two attached hydrogens (primary N) is 1. The molecule has 18 heavy (non-hydrogen) atoms. The van der Waals surface area contributed by atoms with Crippen molar-refractivity contribution in [3.63, 3.8) is 0 Å². The van der Waals surface area contributed by atoms with Gasteiger partial charge in [-0.1, -0.05) is 32.0 Å². The van der Waals surface area contributed by atoms with Crippen molar-refractivity contribution in [2.24, 2.45) is 5.84 Å². The highest BCUT2D eigenvalue weighted by atomic mass is 16.5. The van der Waals surface area contributed by atoms with Crippen LogP contribution in [0.4, 0.5) is 0 Å². The van der Waals surface area contributed by atoms with Gasteiger partial charge in [-0.2, -0.15) is 0 Å². The second-order valence-electron chi connectivity index (χ2n) is 4.86. The van der Waals surface area contributed by atoms with E-state index in [1.54, 1.807) is 7.11 Å². The Kier molecular flexibility index (Phi) is 5.32. The molecule has 0 aliphatic carbocycles. The van der Waals surface area contributed by atoms with Gasteiger partial charge in [0.15, 0.2) is 0 Å². The molecule has 0 aliphatic rings. The highest BCUT2D eigenvalue weighted by Crippen LogP contribution is 2.36. The van der Waals surface area contributed by atoms with Gasteiger partial charge in [0.25, 0.3) is 0 Å². The van der Waals surface area contributed by atoms with E-state index in [1.165, 1.54) is 16.7 Å². The molecule has 0 amide bonds. The van der Waals surface area contributed by atoms with Gasteiger partial charge in [0.05, 0.1) is 11.6 Å². The minimum absolute atomic E-state index is 0.0115. The van der Waals surface area contributed by atoms with Crippen molar-refractivity contribution in [1.82, 2.24) is 5.43 Å². The molecular weight excluding hydrogens is 224 g/mol. The van der Waals surface area contributed by atoms with E-state index in [1.807, 2.05) is 0 Å².